The van der Waals surface area contributed by atoms with Gasteiger partial charge in [-0.05, 0) is 48.5 Å². The lowest BCUT2D eigenvalue weighted by Gasteiger charge is -2.51. The first-order valence-electron chi connectivity index (χ1n) is 12.2. The molecule has 4 rings (SSSR count). The van der Waals surface area contributed by atoms with Gasteiger partial charge < -0.3 is 5.73 Å². The van der Waals surface area contributed by atoms with Crippen LogP contribution in [0.4, 0.5) is 13.2 Å². The highest BCUT2D eigenvalue weighted by Gasteiger charge is 2.42. The van der Waals surface area contributed by atoms with Crippen molar-refractivity contribution >= 4 is 17.7 Å². The normalized spacial score (nSPS) is 20.4. The maximum atomic E-state index is 13.1. The fraction of sp³-hybridized carbons (Fsp3) is 0.538. The highest BCUT2D eigenvalue weighted by molar-refractivity contribution is 7.99. The lowest BCUT2D eigenvalue weighted by molar-refractivity contribution is -0.141. The molecule has 1 aromatic heterocycles. The van der Waals surface area contributed by atoms with E-state index < -0.39 is 23.7 Å². The van der Waals surface area contributed by atoms with Crippen molar-refractivity contribution in [1.29, 1.82) is 0 Å². The highest BCUT2D eigenvalue weighted by Crippen LogP contribution is 2.39. The number of carbonyl (C=O) groups is 1. The molecule has 2 aromatic rings. The summed E-state index contributed by atoms with van der Waals surface area (Å²) in [4.78, 5) is 21.2. The molecule has 35 heavy (non-hydrogen) atoms. The van der Waals surface area contributed by atoms with Crippen LogP contribution in [0.5, 0.6) is 0 Å². The molecule has 1 amide bonds. The number of halogens is 3. The smallest absolute Gasteiger partial charge is 0.369 e. The molecule has 2 aliphatic heterocycles. The van der Waals surface area contributed by atoms with Gasteiger partial charge in [-0.15, -0.1) is 0 Å². The Hall–Kier alpha value is -2.10. The van der Waals surface area contributed by atoms with E-state index in [-0.39, 0.29) is 17.7 Å². The van der Waals surface area contributed by atoms with E-state index in [0.717, 1.165) is 63.1 Å². The Morgan fingerprint density at radius 2 is 1.71 bits per heavy atom. The first kappa shape index (κ1) is 26.0. The van der Waals surface area contributed by atoms with Crippen molar-refractivity contribution < 1.29 is 18.0 Å². The summed E-state index contributed by atoms with van der Waals surface area (Å²) in [6, 6.07) is 14.3. The lowest BCUT2D eigenvalue weighted by atomic mass is 9.78. The van der Waals surface area contributed by atoms with Crippen LogP contribution in [0.1, 0.15) is 36.2 Å². The maximum Gasteiger partial charge on any atom is 0.433 e. The third-order valence-corrected chi connectivity index (χ3v) is 8.28. The summed E-state index contributed by atoms with van der Waals surface area (Å²) in [5.74, 6) is 0.996. The second-order valence-corrected chi connectivity index (χ2v) is 10.8. The minimum Gasteiger partial charge on any atom is -0.369 e. The molecule has 0 saturated carbocycles. The number of amides is 1. The highest BCUT2D eigenvalue weighted by atomic mass is 32.2. The van der Waals surface area contributed by atoms with Crippen LogP contribution in [0, 0.1) is 5.92 Å². The second-order valence-electron chi connectivity index (χ2n) is 9.60. The Balaban J connectivity index is 1.45. The van der Waals surface area contributed by atoms with E-state index >= 15 is 0 Å². The van der Waals surface area contributed by atoms with Crippen LogP contribution in [-0.2, 0) is 23.9 Å². The molecule has 3 heterocycles. The van der Waals surface area contributed by atoms with Crippen LogP contribution < -0.4 is 5.73 Å². The molecule has 1 atom stereocenters. The topological polar surface area (TPSA) is 62.5 Å². The van der Waals surface area contributed by atoms with Gasteiger partial charge in [0.2, 0.25) is 5.91 Å². The zero-order valence-electron chi connectivity index (χ0n) is 19.8. The van der Waals surface area contributed by atoms with E-state index in [9.17, 15) is 18.0 Å². The summed E-state index contributed by atoms with van der Waals surface area (Å²) in [6.45, 7) is 4.62. The van der Waals surface area contributed by atoms with Gasteiger partial charge in [0.25, 0.3) is 0 Å². The summed E-state index contributed by atoms with van der Waals surface area (Å²) in [5, 5.41) is 0. The number of hydrogen-bond acceptors (Lipinski definition) is 5. The number of pyridine rings is 1. The molecule has 5 nitrogen and oxygen atoms in total. The van der Waals surface area contributed by atoms with Crippen LogP contribution in [0.3, 0.4) is 0 Å². The number of primary amides is 1. The third-order valence-electron chi connectivity index (χ3n) is 7.30. The first-order chi connectivity index (χ1) is 16.7. The van der Waals surface area contributed by atoms with Crippen LogP contribution in [0.15, 0.2) is 48.5 Å². The fourth-order valence-electron chi connectivity index (χ4n) is 5.36. The number of piperazine rings is 1. The lowest BCUT2D eigenvalue weighted by Crippen LogP contribution is -2.59. The molecular formula is C26H33F3N4OS. The minimum atomic E-state index is -4.51. The van der Waals surface area contributed by atoms with Crippen molar-refractivity contribution in [3.05, 3.63) is 65.5 Å². The molecule has 2 saturated heterocycles. The molecule has 2 aliphatic rings. The van der Waals surface area contributed by atoms with Gasteiger partial charge in [-0.2, -0.15) is 24.9 Å². The van der Waals surface area contributed by atoms with E-state index in [2.05, 4.69) is 39.0 Å². The number of hydrogen-bond donors (Lipinski definition) is 1. The average molecular weight is 507 g/mol. The first-order valence-corrected chi connectivity index (χ1v) is 13.3. The molecule has 0 bridgehead atoms. The molecular weight excluding hydrogens is 473 g/mol. The largest absolute Gasteiger partial charge is 0.433 e. The Morgan fingerprint density at radius 1 is 1.03 bits per heavy atom. The maximum absolute atomic E-state index is 13.1. The van der Waals surface area contributed by atoms with Gasteiger partial charge in [-0.3, -0.25) is 14.6 Å². The van der Waals surface area contributed by atoms with Gasteiger partial charge in [-0.1, -0.05) is 36.4 Å². The van der Waals surface area contributed by atoms with Gasteiger partial charge in [-0.25, -0.2) is 4.98 Å². The van der Waals surface area contributed by atoms with Crippen molar-refractivity contribution in [2.45, 2.75) is 43.9 Å². The summed E-state index contributed by atoms with van der Waals surface area (Å²) >= 11 is 1.92. The Morgan fingerprint density at radius 3 is 2.34 bits per heavy atom. The van der Waals surface area contributed by atoms with Gasteiger partial charge >= 0.3 is 6.18 Å². The monoisotopic (exact) mass is 506 g/mol. The molecule has 0 radical (unpaired) electrons. The summed E-state index contributed by atoms with van der Waals surface area (Å²) in [7, 11) is 0. The predicted octanol–water partition coefficient (Wildman–Crippen LogP) is 4.22. The molecule has 2 fully saturated rings. The van der Waals surface area contributed by atoms with Crippen molar-refractivity contribution in [1.82, 2.24) is 14.8 Å². The molecule has 2 N–H and O–H groups in total. The second kappa shape index (κ2) is 11.3. The molecule has 9 heteroatoms. The molecule has 1 unspecified atom stereocenters. The fourth-order valence-corrected chi connectivity index (χ4v) is 6.61. The SMILES string of the molecule is NC(=O)C(Cc1cccc(C(F)(F)F)n1)CC1(N2CCN(Cc3ccccc3)CC2)CCSCC1. The van der Waals surface area contributed by atoms with Crippen LogP contribution in [-0.4, -0.2) is 63.9 Å². The predicted molar refractivity (Wildman–Crippen MR) is 133 cm³/mol. The van der Waals surface area contributed by atoms with Crippen molar-refractivity contribution in [3.8, 4) is 0 Å². The van der Waals surface area contributed by atoms with E-state index in [0.29, 0.717) is 6.42 Å². The van der Waals surface area contributed by atoms with Gasteiger partial charge in [0, 0.05) is 56.3 Å². The van der Waals surface area contributed by atoms with Crippen LogP contribution in [0.25, 0.3) is 0 Å². The molecule has 1 aromatic carbocycles. The average Bonchev–Trinajstić information content (AvgIpc) is 2.85. The number of nitrogens with two attached hydrogens (primary N) is 1. The van der Waals surface area contributed by atoms with Crippen molar-refractivity contribution in [2.24, 2.45) is 11.7 Å². The third kappa shape index (κ3) is 6.77. The standard InChI is InChI=1S/C26H33F3N4OS/c27-26(28,29)23-8-4-7-22(31-23)17-21(24(30)34)18-25(9-15-35-16-10-25)33-13-11-32(12-14-33)19-20-5-2-1-3-6-20/h1-8,21H,9-19H2,(H2,30,34). The quantitative estimate of drug-likeness (QED) is 0.581. The minimum absolute atomic E-state index is 0.127. The number of rotatable bonds is 8. The number of alkyl halides is 3. The number of benzene rings is 1. The van der Waals surface area contributed by atoms with Crippen LogP contribution >= 0.6 is 11.8 Å². The van der Waals surface area contributed by atoms with Gasteiger partial charge in [0.05, 0.1) is 0 Å². The molecule has 0 spiro atoms. The zero-order chi connectivity index (χ0) is 24.9. The summed E-state index contributed by atoms with van der Waals surface area (Å²) in [6.07, 6.45) is -1.92. The number of thioether (sulfide) groups is 1. The number of carbonyl (C=O) groups excluding carboxylic acids is 1. The van der Waals surface area contributed by atoms with Gasteiger partial charge in [0.15, 0.2) is 0 Å². The van der Waals surface area contributed by atoms with Crippen molar-refractivity contribution in [3.63, 3.8) is 0 Å². The van der Waals surface area contributed by atoms with E-state index in [1.165, 1.54) is 11.6 Å². The van der Waals surface area contributed by atoms with Gasteiger partial charge in [0.1, 0.15) is 5.69 Å². The van der Waals surface area contributed by atoms with E-state index in [1.807, 2.05) is 17.8 Å². The van der Waals surface area contributed by atoms with E-state index in [1.54, 1.807) is 6.07 Å². The van der Waals surface area contributed by atoms with E-state index in [4.69, 9.17) is 5.73 Å². The molecule has 0 aliphatic carbocycles. The summed E-state index contributed by atoms with van der Waals surface area (Å²) < 4.78 is 39.4. The Labute approximate surface area is 209 Å². The van der Waals surface area contributed by atoms with Crippen molar-refractivity contribution in [2.75, 3.05) is 37.7 Å². The summed E-state index contributed by atoms with van der Waals surface area (Å²) in [5.41, 5.74) is 6.27. The zero-order valence-corrected chi connectivity index (χ0v) is 20.7. The Kier molecular flexibility index (Phi) is 8.39. The number of nitrogens with zero attached hydrogens (tertiary/aromatic N) is 3. The van der Waals surface area contributed by atoms with Crippen LogP contribution in [0.2, 0.25) is 0 Å². The number of aromatic nitrogens is 1. The molecule has 190 valence electrons. The Bertz CT molecular complexity index is 974.